The zero-order valence-electron chi connectivity index (χ0n) is 6.35. The Hall–Kier alpha value is -1.98. The van der Waals surface area contributed by atoms with Crippen LogP contribution in [0.25, 0.3) is 5.69 Å². The number of hydrogen-bond donors (Lipinski definition) is 0. The molecule has 0 N–H and O–H groups in total. The molecular weight excluding hydrogens is 177 g/mol. The largest absolute Gasteiger partial charge is 0.523 e. The molecule has 6 heteroatoms. The van der Waals surface area contributed by atoms with Crippen molar-refractivity contribution in [1.29, 1.82) is 0 Å². The van der Waals surface area contributed by atoms with E-state index in [9.17, 15) is 9.50 Å². The van der Waals surface area contributed by atoms with Gasteiger partial charge in [-0.05, 0) is 6.07 Å². The number of rotatable bonds is 1. The third kappa shape index (κ3) is 1.33. The van der Waals surface area contributed by atoms with Crippen LogP contribution in [0.1, 0.15) is 0 Å². The fourth-order valence-corrected chi connectivity index (χ4v) is 0.899. The minimum atomic E-state index is -0.858. The Bertz CT molecular complexity index is 429. The third-order valence-electron chi connectivity index (χ3n) is 1.44. The quantitative estimate of drug-likeness (QED) is 0.559. The molecule has 0 spiro atoms. The maximum absolute atomic E-state index is 13.0. The first-order valence-electron chi connectivity index (χ1n) is 3.45. The summed E-state index contributed by atoms with van der Waals surface area (Å²) >= 11 is 0. The van der Waals surface area contributed by atoms with E-state index in [1.54, 1.807) is 6.07 Å². The fourth-order valence-electron chi connectivity index (χ4n) is 0.899. The van der Waals surface area contributed by atoms with Gasteiger partial charge in [0.05, 0.1) is 9.90 Å². The summed E-state index contributed by atoms with van der Waals surface area (Å²) in [5, 5.41) is 17.0. The van der Waals surface area contributed by atoms with Gasteiger partial charge in [-0.15, -0.1) is 0 Å². The fraction of sp³-hybridized carbons (Fsp3) is 0. The smallest absolute Gasteiger partial charge is 0.305 e. The van der Waals surface area contributed by atoms with Crippen LogP contribution >= 0.6 is 0 Å². The van der Waals surface area contributed by atoms with Crippen LogP contribution in [-0.2, 0) is 0 Å². The number of benzene rings is 1. The summed E-state index contributed by atoms with van der Waals surface area (Å²) in [7, 11) is 0. The second-order valence-corrected chi connectivity index (χ2v) is 2.28. The lowest BCUT2D eigenvalue weighted by Gasteiger charge is -1.86. The van der Waals surface area contributed by atoms with Crippen molar-refractivity contribution < 1.29 is 18.8 Å². The van der Waals surface area contributed by atoms with Gasteiger partial charge in [-0.3, -0.25) is 0 Å². The van der Waals surface area contributed by atoms with Gasteiger partial charge in [0.1, 0.15) is 5.27 Å². The molecule has 0 bridgehead atoms. The molecule has 66 valence electrons. The van der Waals surface area contributed by atoms with E-state index in [4.69, 9.17) is 0 Å². The van der Waals surface area contributed by atoms with Crippen molar-refractivity contribution in [2.75, 3.05) is 0 Å². The molecule has 0 amide bonds. The summed E-state index contributed by atoms with van der Waals surface area (Å²) in [4.78, 5) is 0.803. The summed E-state index contributed by atoms with van der Waals surface area (Å²) in [6.45, 7) is 0. The molecule has 0 aliphatic carbocycles. The molecule has 0 unspecified atom stereocenters. The standard InChI is InChI=1S/C7H4FN3O2/c8-5-3-1-2-4-6(5)11-9-7(12)13-10-11/h1-4H. The average Bonchev–Trinajstić information content (AvgIpc) is 2.53. The predicted molar refractivity (Wildman–Crippen MR) is 35.2 cm³/mol. The van der Waals surface area contributed by atoms with E-state index in [2.05, 4.69) is 14.9 Å². The van der Waals surface area contributed by atoms with E-state index in [1.165, 1.54) is 18.2 Å². The van der Waals surface area contributed by atoms with Crippen molar-refractivity contribution >= 4 is 0 Å². The molecule has 13 heavy (non-hydrogen) atoms. The van der Waals surface area contributed by atoms with Crippen LogP contribution < -0.4 is 9.90 Å². The van der Waals surface area contributed by atoms with Crippen LogP contribution in [0.15, 0.2) is 28.8 Å². The number of halogens is 1. The van der Waals surface area contributed by atoms with E-state index < -0.39 is 11.9 Å². The van der Waals surface area contributed by atoms with E-state index in [1.807, 2.05) is 0 Å². The zero-order valence-corrected chi connectivity index (χ0v) is 6.35. The molecule has 0 aliphatic heterocycles. The molecule has 0 atom stereocenters. The summed E-state index contributed by atoms with van der Waals surface area (Å²) in [6, 6.07) is 5.80. The van der Waals surface area contributed by atoms with Crippen molar-refractivity contribution in [3.63, 3.8) is 0 Å². The van der Waals surface area contributed by atoms with Crippen LogP contribution in [-0.4, -0.2) is 10.4 Å². The lowest BCUT2D eigenvalue weighted by Crippen LogP contribution is -2.37. The van der Waals surface area contributed by atoms with E-state index in [0.717, 1.165) is 4.80 Å². The van der Waals surface area contributed by atoms with Crippen LogP contribution in [0.3, 0.4) is 0 Å². The maximum Gasteiger partial charge on any atom is 0.305 e. The first-order chi connectivity index (χ1) is 6.27. The molecule has 2 rings (SSSR count). The lowest BCUT2D eigenvalue weighted by molar-refractivity contribution is -0.727. The van der Waals surface area contributed by atoms with Crippen molar-refractivity contribution in [2.24, 2.45) is 0 Å². The van der Waals surface area contributed by atoms with Crippen molar-refractivity contribution in [3.8, 4) is 11.8 Å². The molecule has 0 fully saturated rings. The first-order valence-corrected chi connectivity index (χ1v) is 3.45. The van der Waals surface area contributed by atoms with Gasteiger partial charge in [0.15, 0.2) is 5.82 Å². The third-order valence-corrected chi connectivity index (χ3v) is 1.44. The molecule has 0 saturated heterocycles. The van der Waals surface area contributed by atoms with Gasteiger partial charge in [-0.2, -0.15) is 4.39 Å². The van der Waals surface area contributed by atoms with Crippen LogP contribution in [0, 0.1) is 5.82 Å². The number of aromatic nitrogens is 3. The Morgan fingerprint density at radius 3 is 2.77 bits per heavy atom. The molecule has 0 saturated carbocycles. The van der Waals surface area contributed by atoms with Crippen molar-refractivity contribution in [2.45, 2.75) is 0 Å². The van der Waals surface area contributed by atoms with Crippen LogP contribution in [0.5, 0.6) is 6.08 Å². The number of hydrogen-bond acceptors (Lipinski definition) is 4. The van der Waals surface area contributed by atoms with Gasteiger partial charge in [0.2, 0.25) is 6.08 Å². The minimum Gasteiger partial charge on any atom is -0.523 e. The van der Waals surface area contributed by atoms with E-state index in [-0.39, 0.29) is 5.69 Å². The Morgan fingerprint density at radius 2 is 2.15 bits per heavy atom. The first kappa shape index (κ1) is 7.66. The topological polar surface area (TPSA) is 65.9 Å². The molecule has 0 radical (unpaired) electrons. The SMILES string of the molecule is [O-]c1n[n+](-c2ccccc2F)no1. The second-order valence-electron chi connectivity index (χ2n) is 2.28. The molecule has 1 heterocycles. The second kappa shape index (κ2) is 2.81. The van der Waals surface area contributed by atoms with Gasteiger partial charge in [-0.1, -0.05) is 12.1 Å². The van der Waals surface area contributed by atoms with E-state index >= 15 is 0 Å². The van der Waals surface area contributed by atoms with Gasteiger partial charge >= 0.3 is 5.69 Å². The Balaban J connectivity index is 2.52. The Morgan fingerprint density at radius 1 is 1.38 bits per heavy atom. The highest BCUT2D eigenvalue weighted by Gasteiger charge is 2.16. The highest BCUT2D eigenvalue weighted by atomic mass is 19.1. The lowest BCUT2D eigenvalue weighted by atomic mass is 10.3. The van der Waals surface area contributed by atoms with E-state index in [0.29, 0.717) is 0 Å². The minimum absolute atomic E-state index is 0.0772. The molecule has 1 aromatic carbocycles. The monoisotopic (exact) mass is 181 g/mol. The average molecular weight is 181 g/mol. The summed E-state index contributed by atoms with van der Waals surface area (Å²) in [5.41, 5.74) is 0.0772. The predicted octanol–water partition coefficient (Wildman–Crippen LogP) is -0.441. The molecule has 0 aliphatic rings. The normalized spacial score (nSPS) is 10.2. The highest BCUT2D eigenvalue weighted by Crippen LogP contribution is 2.04. The summed E-state index contributed by atoms with van der Waals surface area (Å²) in [5.74, 6) is -0.520. The van der Waals surface area contributed by atoms with Gasteiger partial charge in [0, 0.05) is 6.07 Å². The Kier molecular flexibility index (Phi) is 1.66. The van der Waals surface area contributed by atoms with Gasteiger partial charge in [-0.25, -0.2) is 0 Å². The van der Waals surface area contributed by atoms with Crippen molar-refractivity contribution in [3.05, 3.63) is 30.1 Å². The van der Waals surface area contributed by atoms with Gasteiger partial charge < -0.3 is 9.63 Å². The summed E-state index contributed by atoms with van der Waals surface area (Å²) < 4.78 is 17.2. The van der Waals surface area contributed by atoms with Crippen LogP contribution in [0.2, 0.25) is 0 Å². The molecule has 5 nitrogen and oxygen atoms in total. The van der Waals surface area contributed by atoms with Crippen LogP contribution in [0.4, 0.5) is 4.39 Å². The van der Waals surface area contributed by atoms with Crippen molar-refractivity contribution in [1.82, 2.24) is 10.4 Å². The molecule has 2 aromatic rings. The number of nitrogens with zero attached hydrogens (tertiary/aromatic N) is 3. The van der Waals surface area contributed by atoms with Gasteiger partial charge in [0.25, 0.3) is 0 Å². The molecule has 1 aromatic heterocycles. The zero-order chi connectivity index (χ0) is 9.26. The Labute approximate surface area is 72.0 Å². The summed E-state index contributed by atoms with van der Waals surface area (Å²) in [6.07, 6.45) is -0.858. The highest BCUT2D eigenvalue weighted by molar-refractivity contribution is 5.22. The molecular formula is C7H4FN3O2. The number of para-hydroxylation sites is 1. The maximum atomic E-state index is 13.0.